The summed E-state index contributed by atoms with van der Waals surface area (Å²) in [6.07, 6.45) is 1.45. The molecule has 0 bridgehead atoms. The first-order valence-corrected chi connectivity index (χ1v) is 6.33. The van der Waals surface area contributed by atoms with Gasteiger partial charge in [-0.25, -0.2) is 4.98 Å². The van der Waals surface area contributed by atoms with Gasteiger partial charge in [-0.3, -0.25) is 4.79 Å². The fourth-order valence-corrected chi connectivity index (χ4v) is 2.22. The number of nitrogens with one attached hydrogen (secondary N) is 1. The topological polar surface area (TPSA) is 73.3 Å². The Morgan fingerprint density at radius 3 is 2.74 bits per heavy atom. The van der Waals surface area contributed by atoms with Gasteiger partial charge >= 0.3 is 6.01 Å². The molecule has 2 aromatic rings. The number of aromatic nitrogens is 2. The summed E-state index contributed by atoms with van der Waals surface area (Å²) < 4.78 is 9.98. The van der Waals surface area contributed by atoms with Crippen LogP contribution in [0.3, 0.4) is 0 Å². The predicted molar refractivity (Wildman–Crippen MR) is 72.1 cm³/mol. The molecule has 2 rings (SSSR count). The first-order chi connectivity index (χ1) is 9.13. The molecule has 0 fully saturated rings. The molecule has 0 atom stereocenters. The molecule has 0 aliphatic rings. The zero-order valence-electron chi connectivity index (χ0n) is 10.8. The monoisotopic (exact) mass is 279 g/mol. The number of anilines is 1. The molecular weight excluding hydrogens is 266 g/mol. The van der Waals surface area contributed by atoms with E-state index in [0.29, 0.717) is 10.6 Å². The van der Waals surface area contributed by atoms with E-state index in [1.165, 1.54) is 31.8 Å². The number of thiophene rings is 1. The van der Waals surface area contributed by atoms with Crippen molar-refractivity contribution in [2.75, 3.05) is 19.5 Å². The first kappa shape index (κ1) is 13.3. The van der Waals surface area contributed by atoms with Crippen LogP contribution >= 0.6 is 11.3 Å². The van der Waals surface area contributed by atoms with Gasteiger partial charge in [-0.2, -0.15) is 4.98 Å². The summed E-state index contributed by atoms with van der Waals surface area (Å²) in [5.74, 6) is 0.0404. The fraction of sp³-hybridized carbons (Fsp3) is 0.250. The predicted octanol–water partition coefficient (Wildman–Crippen LogP) is 2.12. The summed E-state index contributed by atoms with van der Waals surface area (Å²) in [6, 6.07) is 2.00. The molecule has 0 aliphatic heterocycles. The van der Waals surface area contributed by atoms with Crippen molar-refractivity contribution in [2.45, 2.75) is 6.92 Å². The second-order valence-electron chi connectivity index (χ2n) is 3.72. The van der Waals surface area contributed by atoms with E-state index in [1.54, 1.807) is 0 Å². The molecule has 6 nitrogen and oxygen atoms in total. The standard InChI is InChI=1S/C12H13N3O3S/c1-7-4-9(19-6-7)10(16)14-8-5-13-12(18-3)15-11(8)17-2/h4-6H,1-3H3,(H,14,16). The number of carbonyl (C=O) groups is 1. The highest BCUT2D eigenvalue weighted by Gasteiger charge is 2.13. The largest absolute Gasteiger partial charge is 0.479 e. The van der Waals surface area contributed by atoms with Crippen molar-refractivity contribution in [1.29, 1.82) is 0 Å². The van der Waals surface area contributed by atoms with E-state index in [1.807, 2.05) is 18.4 Å². The van der Waals surface area contributed by atoms with Crippen LogP contribution in [-0.2, 0) is 0 Å². The number of amides is 1. The van der Waals surface area contributed by atoms with Crippen LogP contribution < -0.4 is 14.8 Å². The van der Waals surface area contributed by atoms with Crippen molar-refractivity contribution in [3.8, 4) is 11.9 Å². The Morgan fingerprint density at radius 1 is 1.37 bits per heavy atom. The van der Waals surface area contributed by atoms with E-state index in [4.69, 9.17) is 9.47 Å². The molecule has 19 heavy (non-hydrogen) atoms. The van der Waals surface area contributed by atoms with Gasteiger partial charge in [0.05, 0.1) is 25.3 Å². The van der Waals surface area contributed by atoms with Crippen LogP contribution in [0.25, 0.3) is 0 Å². The molecule has 1 N–H and O–H groups in total. The number of nitrogens with zero attached hydrogens (tertiary/aromatic N) is 2. The maximum Gasteiger partial charge on any atom is 0.319 e. The van der Waals surface area contributed by atoms with Crippen LogP contribution in [0.4, 0.5) is 5.69 Å². The zero-order chi connectivity index (χ0) is 13.8. The van der Waals surface area contributed by atoms with E-state index in [-0.39, 0.29) is 17.8 Å². The summed E-state index contributed by atoms with van der Waals surface area (Å²) in [5, 5.41) is 4.62. The van der Waals surface area contributed by atoms with Gasteiger partial charge in [0.1, 0.15) is 5.69 Å². The molecule has 100 valence electrons. The van der Waals surface area contributed by atoms with Gasteiger partial charge in [0.15, 0.2) is 0 Å². The maximum absolute atomic E-state index is 12.0. The van der Waals surface area contributed by atoms with Gasteiger partial charge in [-0.15, -0.1) is 11.3 Å². The number of methoxy groups -OCH3 is 2. The van der Waals surface area contributed by atoms with Gasteiger partial charge < -0.3 is 14.8 Å². The lowest BCUT2D eigenvalue weighted by molar-refractivity contribution is 0.103. The molecule has 0 unspecified atom stereocenters. The number of hydrogen-bond acceptors (Lipinski definition) is 6. The Morgan fingerprint density at radius 2 is 2.16 bits per heavy atom. The van der Waals surface area contributed by atoms with Crippen LogP contribution in [0.2, 0.25) is 0 Å². The van der Waals surface area contributed by atoms with Crippen molar-refractivity contribution in [3.63, 3.8) is 0 Å². The highest BCUT2D eigenvalue weighted by molar-refractivity contribution is 7.12. The molecular formula is C12H13N3O3S. The van der Waals surface area contributed by atoms with E-state index in [9.17, 15) is 4.79 Å². The van der Waals surface area contributed by atoms with Crippen molar-refractivity contribution in [2.24, 2.45) is 0 Å². The number of aryl methyl sites for hydroxylation is 1. The van der Waals surface area contributed by atoms with Crippen LogP contribution in [0.1, 0.15) is 15.2 Å². The molecule has 2 heterocycles. The highest BCUT2D eigenvalue weighted by atomic mass is 32.1. The Hall–Kier alpha value is -2.15. The van der Waals surface area contributed by atoms with Gasteiger partial charge in [-0.05, 0) is 23.9 Å². The summed E-state index contributed by atoms with van der Waals surface area (Å²) in [4.78, 5) is 20.6. The van der Waals surface area contributed by atoms with Crippen molar-refractivity contribution < 1.29 is 14.3 Å². The summed E-state index contributed by atoms with van der Waals surface area (Å²) in [5.41, 5.74) is 1.45. The van der Waals surface area contributed by atoms with Crippen molar-refractivity contribution in [3.05, 3.63) is 28.1 Å². The number of carbonyl (C=O) groups excluding carboxylic acids is 1. The van der Waals surface area contributed by atoms with Crippen molar-refractivity contribution in [1.82, 2.24) is 9.97 Å². The lowest BCUT2D eigenvalue weighted by Gasteiger charge is -2.08. The quantitative estimate of drug-likeness (QED) is 0.928. The molecule has 0 aliphatic carbocycles. The van der Waals surface area contributed by atoms with Gasteiger partial charge in [-0.1, -0.05) is 0 Å². The molecule has 0 aromatic carbocycles. The van der Waals surface area contributed by atoms with Crippen LogP contribution in [0.15, 0.2) is 17.6 Å². The van der Waals surface area contributed by atoms with Gasteiger partial charge in [0, 0.05) is 0 Å². The molecule has 0 saturated carbocycles. The second-order valence-corrected chi connectivity index (χ2v) is 4.63. The summed E-state index contributed by atoms with van der Waals surface area (Å²) >= 11 is 1.38. The van der Waals surface area contributed by atoms with Crippen LogP contribution in [0.5, 0.6) is 11.9 Å². The first-order valence-electron chi connectivity index (χ1n) is 5.45. The lowest BCUT2D eigenvalue weighted by Crippen LogP contribution is -2.12. The highest BCUT2D eigenvalue weighted by Crippen LogP contribution is 2.24. The number of rotatable bonds is 4. The summed E-state index contributed by atoms with van der Waals surface area (Å²) in [6.45, 7) is 1.93. The van der Waals surface area contributed by atoms with E-state index < -0.39 is 0 Å². The van der Waals surface area contributed by atoms with E-state index in [2.05, 4.69) is 15.3 Å². The second kappa shape index (κ2) is 5.66. The normalized spacial score (nSPS) is 10.1. The van der Waals surface area contributed by atoms with Crippen LogP contribution in [-0.4, -0.2) is 30.1 Å². The van der Waals surface area contributed by atoms with E-state index >= 15 is 0 Å². The van der Waals surface area contributed by atoms with Crippen LogP contribution in [0, 0.1) is 6.92 Å². The summed E-state index contributed by atoms with van der Waals surface area (Å²) in [7, 11) is 2.92. The molecule has 2 aromatic heterocycles. The minimum absolute atomic E-state index is 0.182. The number of hydrogen-bond donors (Lipinski definition) is 1. The molecule has 0 saturated heterocycles. The maximum atomic E-state index is 12.0. The molecule has 0 spiro atoms. The zero-order valence-corrected chi connectivity index (χ0v) is 11.6. The average molecular weight is 279 g/mol. The smallest absolute Gasteiger partial charge is 0.319 e. The fourth-order valence-electron chi connectivity index (χ4n) is 1.42. The Labute approximate surface area is 114 Å². The minimum Gasteiger partial charge on any atom is -0.479 e. The molecule has 7 heteroatoms. The lowest BCUT2D eigenvalue weighted by atomic mass is 10.3. The van der Waals surface area contributed by atoms with Crippen molar-refractivity contribution >= 4 is 22.9 Å². The Balaban J connectivity index is 2.21. The minimum atomic E-state index is -0.217. The Bertz CT molecular complexity index is 598. The third-order valence-electron chi connectivity index (χ3n) is 2.31. The molecule has 1 amide bonds. The van der Waals surface area contributed by atoms with Gasteiger partial charge in [0.2, 0.25) is 5.88 Å². The van der Waals surface area contributed by atoms with Gasteiger partial charge in [0.25, 0.3) is 5.91 Å². The molecule has 0 radical (unpaired) electrons. The third-order valence-corrected chi connectivity index (χ3v) is 3.36. The number of ether oxygens (including phenoxy) is 2. The van der Waals surface area contributed by atoms with E-state index in [0.717, 1.165) is 5.56 Å². The average Bonchev–Trinajstić information content (AvgIpc) is 2.86. The SMILES string of the molecule is COc1ncc(NC(=O)c2cc(C)cs2)c(OC)n1. The Kier molecular flexibility index (Phi) is 3.96. The third kappa shape index (κ3) is 3.00.